The summed E-state index contributed by atoms with van der Waals surface area (Å²) < 4.78 is 10.8. The van der Waals surface area contributed by atoms with Crippen LogP contribution in [0.25, 0.3) is 0 Å². The lowest BCUT2D eigenvalue weighted by atomic mass is 10.2. The van der Waals surface area contributed by atoms with Crippen LogP contribution in [0, 0.1) is 0 Å². The van der Waals surface area contributed by atoms with Gasteiger partial charge in [-0.2, -0.15) is 0 Å². The molecule has 15 heavy (non-hydrogen) atoms. The lowest BCUT2D eigenvalue weighted by molar-refractivity contribution is 0.145. The van der Waals surface area contributed by atoms with E-state index in [4.69, 9.17) is 9.16 Å². The topological polar surface area (TPSA) is 18.5 Å². The van der Waals surface area contributed by atoms with Crippen LogP contribution in [-0.4, -0.2) is 29.4 Å². The Bertz CT molecular complexity index is 251. The molecule has 1 atom stereocenters. The van der Waals surface area contributed by atoms with E-state index in [2.05, 4.69) is 37.3 Å². The highest BCUT2D eigenvalue weighted by molar-refractivity contribution is 6.51. The summed E-state index contributed by atoms with van der Waals surface area (Å²) in [5.74, 6) is 0. The second kappa shape index (κ2) is 7.62. The van der Waals surface area contributed by atoms with Crippen LogP contribution in [0.15, 0.2) is 30.3 Å². The first-order valence-corrected chi connectivity index (χ1v) is 7.61. The van der Waals surface area contributed by atoms with E-state index < -0.39 is 9.04 Å². The number of hydrogen-bond donors (Lipinski definition) is 0. The molecular formula is C12H20O2Si. The van der Waals surface area contributed by atoms with Gasteiger partial charge in [-0.3, -0.25) is 0 Å². The number of rotatable bonds is 7. The molecule has 0 radical (unpaired) electrons. The highest BCUT2D eigenvalue weighted by atomic mass is 28.3. The van der Waals surface area contributed by atoms with Crippen LogP contribution >= 0.6 is 0 Å². The zero-order valence-corrected chi connectivity index (χ0v) is 10.8. The third-order valence-electron chi connectivity index (χ3n) is 2.40. The van der Waals surface area contributed by atoms with Crippen molar-refractivity contribution in [2.24, 2.45) is 0 Å². The van der Waals surface area contributed by atoms with Crippen molar-refractivity contribution in [3.63, 3.8) is 0 Å². The Hall–Kier alpha value is -0.643. The number of methoxy groups -OCH3 is 1. The predicted octanol–water partition coefficient (Wildman–Crippen LogP) is 2.17. The molecule has 1 unspecified atom stereocenters. The molecule has 0 aliphatic carbocycles. The molecule has 0 N–H and O–H groups in total. The monoisotopic (exact) mass is 224 g/mol. The Morgan fingerprint density at radius 1 is 1.13 bits per heavy atom. The fourth-order valence-corrected chi connectivity index (χ4v) is 3.37. The van der Waals surface area contributed by atoms with Gasteiger partial charge >= 0.3 is 0 Å². The number of hydrogen-bond acceptors (Lipinski definition) is 2. The Balaban J connectivity index is 2.33. The summed E-state index contributed by atoms with van der Waals surface area (Å²) in [4.78, 5) is 0. The fraction of sp³-hybridized carbons (Fsp3) is 0.500. The van der Waals surface area contributed by atoms with E-state index in [9.17, 15) is 0 Å². The summed E-state index contributed by atoms with van der Waals surface area (Å²) in [6, 6.07) is 12.9. The lowest BCUT2D eigenvalue weighted by Crippen LogP contribution is -2.22. The Morgan fingerprint density at radius 3 is 2.47 bits per heavy atom. The third kappa shape index (κ3) is 5.11. The normalized spacial score (nSPS) is 12.7. The van der Waals surface area contributed by atoms with Crippen LogP contribution in [0.5, 0.6) is 0 Å². The molecule has 0 aliphatic heterocycles. The Kier molecular flexibility index (Phi) is 6.32. The Morgan fingerprint density at radius 2 is 1.87 bits per heavy atom. The summed E-state index contributed by atoms with van der Waals surface area (Å²) >= 11 is 0. The van der Waals surface area contributed by atoms with Crippen LogP contribution in [0.2, 0.25) is 6.04 Å². The maximum atomic E-state index is 5.85. The van der Waals surface area contributed by atoms with E-state index >= 15 is 0 Å². The molecule has 3 heteroatoms. The molecule has 0 amide bonds. The highest BCUT2D eigenvalue weighted by Gasteiger charge is 2.09. The molecule has 1 rings (SSSR count). The van der Waals surface area contributed by atoms with Crippen molar-refractivity contribution in [1.82, 2.24) is 0 Å². The zero-order valence-electron chi connectivity index (χ0n) is 9.61. The van der Waals surface area contributed by atoms with Gasteiger partial charge in [0.1, 0.15) is 0 Å². The SMILES string of the molecule is CC[SiH](Cc1ccccc1)OCCOC. The van der Waals surface area contributed by atoms with E-state index in [1.165, 1.54) is 11.6 Å². The molecule has 0 saturated heterocycles. The molecule has 0 aromatic heterocycles. The van der Waals surface area contributed by atoms with Gasteiger partial charge in [0.25, 0.3) is 0 Å². The molecule has 0 aliphatic rings. The molecule has 84 valence electrons. The van der Waals surface area contributed by atoms with Gasteiger partial charge in [-0.25, -0.2) is 0 Å². The highest BCUT2D eigenvalue weighted by Crippen LogP contribution is 2.06. The molecule has 1 aromatic carbocycles. The minimum Gasteiger partial charge on any atom is -0.417 e. The van der Waals surface area contributed by atoms with Crippen molar-refractivity contribution < 1.29 is 9.16 Å². The van der Waals surface area contributed by atoms with E-state index in [0.29, 0.717) is 6.61 Å². The summed E-state index contributed by atoms with van der Waals surface area (Å²) in [6.07, 6.45) is 0. The van der Waals surface area contributed by atoms with Gasteiger partial charge < -0.3 is 9.16 Å². The molecule has 0 heterocycles. The summed E-state index contributed by atoms with van der Waals surface area (Å²) in [7, 11) is 0.660. The van der Waals surface area contributed by atoms with Crippen LogP contribution < -0.4 is 0 Å². The smallest absolute Gasteiger partial charge is 0.181 e. The first-order chi connectivity index (χ1) is 7.36. The van der Waals surface area contributed by atoms with Crippen LogP contribution in [0.1, 0.15) is 12.5 Å². The van der Waals surface area contributed by atoms with E-state index in [1.54, 1.807) is 7.11 Å². The minimum absolute atomic E-state index is 0.707. The van der Waals surface area contributed by atoms with Crippen molar-refractivity contribution >= 4 is 9.04 Å². The molecule has 0 fully saturated rings. The Labute approximate surface area is 93.9 Å². The van der Waals surface area contributed by atoms with Crippen molar-refractivity contribution in [3.05, 3.63) is 35.9 Å². The van der Waals surface area contributed by atoms with Gasteiger partial charge in [0, 0.05) is 7.11 Å². The second-order valence-corrected chi connectivity index (χ2v) is 6.39. The van der Waals surface area contributed by atoms with Gasteiger partial charge in [-0.15, -0.1) is 0 Å². The van der Waals surface area contributed by atoms with Gasteiger partial charge in [-0.1, -0.05) is 37.3 Å². The average molecular weight is 224 g/mol. The molecular weight excluding hydrogens is 204 g/mol. The van der Waals surface area contributed by atoms with Crippen molar-refractivity contribution in [3.8, 4) is 0 Å². The molecule has 0 saturated carbocycles. The quantitative estimate of drug-likeness (QED) is 0.522. The largest absolute Gasteiger partial charge is 0.417 e. The number of benzene rings is 1. The summed E-state index contributed by atoms with van der Waals surface area (Å²) in [5, 5.41) is 0. The number of ether oxygens (including phenoxy) is 1. The van der Waals surface area contributed by atoms with Crippen LogP contribution in [-0.2, 0) is 15.2 Å². The molecule has 0 bridgehead atoms. The fourth-order valence-electron chi connectivity index (χ4n) is 1.50. The minimum atomic E-state index is -1.05. The predicted molar refractivity (Wildman–Crippen MR) is 65.6 cm³/mol. The molecule has 0 spiro atoms. The maximum Gasteiger partial charge on any atom is 0.181 e. The van der Waals surface area contributed by atoms with E-state index in [0.717, 1.165) is 12.7 Å². The third-order valence-corrected chi connectivity index (χ3v) is 4.95. The van der Waals surface area contributed by atoms with Crippen LogP contribution in [0.3, 0.4) is 0 Å². The van der Waals surface area contributed by atoms with Crippen molar-refractivity contribution in [2.75, 3.05) is 20.3 Å². The molecule has 1 aromatic rings. The average Bonchev–Trinajstić information content (AvgIpc) is 2.29. The standard InChI is InChI=1S/C12H20O2Si/c1-3-15(14-10-9-13-2)11-12-7-5-4-6-8-12/h4-8,15H,3,9-11H2,1-2H3. The van der Waals surface area contributed by atoms with Gasteiger partial charge in [0.2, 0.25) is 0 Å². The summed E-state index contributed by atoms with van der Waals surface area (Å²) in [6.45, 7) is 3.67. The maximum absolute atomic E-state index is 5.85. The summed E-state index contributed by atoms with van der Waals surface area (Å²) in [5.41, 5.74) is 1.40. The van der Waals surface area contributed by atoms with Gasteiger partial charge in [0.05, 0.1) is 13.2 Å². The first-order valence-electron chi connectivity index (χ1n) is 5.51. The van der Waals surface area contributed by atoms with Crippen molar-refractivity contribution in [2.45, 2.75) is 19.0 Å². The van der Waals surface area contributed by atoms with Crippen molar-refractivity contribution in [1.29, 1.82) is 0 Å². The van der Waals surface area contributed by atoms with E-state index in [-0.39, 0.29) is 0 Å². The van der Waals surface area contributed by atoms with Crippen LogP contribution in [0.4, 0.5) is 0 Å². The van der Waals surface area contributed by atoms with Gasteiger partial charge in [0.15, 0.2) is 9.04 Å². The second-order valence-electron chi connectivity index (χ2n) is 3.58. The zero-order chi connectivity index (χ0) is 10.9. The van der Waals surface area contributed by atoms with Gasteiger partial charge in [-0.05, 0) is 17.7 Å². The molecule has 2 nitrogen and oxygen atoms in total. The van der Waals surface area contributed by atoms with E-state index in [1.807, 2.05) is 0 Å². The first kappa shape index (κ1) is 12.4. The lowest BCUT2D eigenvalue weighted by Gasteiger charge is -2.14.